The van der Waals surface area contributed by atoms with Crippen LogP contribution in [0.15, 0.2) is 51.4 Å². The molecule has 0 radical (unpaired) electrons. The summed E-state index contributed by atoms with van der Waals surface area (Å²) in [6.07, 6.45) is 3.29. The Balaban J connectivity index is 1.30. The van der Waals surface area contributed by atoms with E-state index in [9.17, 15) is 14.4 Å². The maximum Gasteiger partial charge on any atom is 0.328 e. The Hall–Kier alpha value is -2.67. The van der Waals surface area contributed by atoms with Gasteiger partial charge in [-0.2, -0.15) is 0 Å². The van der Waals surface area contributed by atoms with Gasteiger partial charge in [-0.3, -0.25) is 14.2 Å². The zero-order valence-electron chi connectivity index (χ0n) is 17.1. The van der Waals surface area contributed by atoms with Crippen LogP contribution in [0, 0.1) is 11.8 Å². The Morgan fingerprint density at radius 2 is 1.90 bits per heavy atom. The van der Waals surface area contributed by atoms with E-state index in [1.807, 2.05) is 23.6 Å². The molecule has 1 aliphatic carbocycles. The minimum Gasteiger partial charge on any atom is -0.355 e. The number of aromatic nitrogens is 2. The highest BCUT2D eigenvalue weighted by atomic mass is 32.1. The van der Waals surface area contributed by atoms with Crippen LogP contribution in [0.2, 0.25) is 0 Å². The summed E-state index contributed by atoms with van der Waals surface area (Å²) in [5.41, 5.74) is 1.27. The molecule has 1 atom stereocenters. The SMILES string of the molecule is CC(CNC(=O)C1CCC(Cn2c(=O)[nH]c3ccsc3c2=O)CC1)c1ccccc1. The van der Waals surface area contributed by atoms with Gasteiger partial charge >= 0.3 is 5.69 Å². The number of nitrogens with one attached hydrogen (secondary N) is 2. The highest BCUT2D eigenvalue weighted by Crippen LogP contribution is 2.30. The fourth-order valence-electron chi connectivity index (χ4n) is 4.30. The number of benzene rings is 1. The zero-order chi connectivity index (χ0) is 21.1. The average Bonchev–Trinajstić information content (AvgIpc) is 3.24. The van der Waals surface area contributed by atoms with Gasteiger partial charge < -0.3 is 10.3 Å². The average molecular weight is 426 g/mol. The molecule has 1 unspecified atom stereocenters. The van der Waals surface area contributed by atoms with Crippen molar-refractivity contribution < 1.29 is 4.79 Å². The summed E-state index contributed by atoms with van der Waals surface area (Å²) < 4.78 is 1.92. The molecule has 7 heteroatoms. The number of hydrogen-bond donors (Lipinski definition) is 2. The van der Waals surface area contributed by atoms with Gasteiger partial charge in [0.25, 0.3) is 5.56 Å². The second-order valence-electron chi connectivity index (χ2n) is 8.28. The van der Waals surface area contributed by atoms with E-state index in [-0.39, 0.29) is 34.9 Å². The first-order valence-corrected chi connectivity index (χ1v) is 11.4. The van der Waals surface area contributed by atoms with Crippen LogP contribution >= 0.6 is 11.3 Å². The normalized spacial score (nSPS) is 20.2. The van der Waals surface area contributed by atoms with Crippen molar-refractivity contribution in [1.29, 1.82) is 0 Å². The number of aromatic amines is 1. The molecule has 0 aliphatic heterocycles. The van der Waals surface area contributed by atoms with E-state index in [2.05, 4.69) is 29.4 Å². The smallest absolute Gasteiger partial charge is 0.328 e. The Morgan fingerprint density at radius 1 is 1.17 bits per heavy atom. The highest BCUT2D eigenvalue weighted by Gasteiger charge is 2.27. The zero-order valence-corrected chi connectivity index (χ0v) is 17.9. The van der Waals surface area contributed by atoms with Gasteiger partial charge in [-0.1, -0.05) is 37.3 Å². The maximum absolute atomic E-state index is 12.6. The summed E-state index contributed by atoms with van der Waals surface area (Å²) in [5.74, 6) is 0.649. The van der Waals surface area contributed by atoms with Crippen molar-refractivity contribution in [3.63, 3.8) is 0 Å². The van der Waals surface area contributed by atoms with Crippen LogP contribution in [0.25, 0.3) is 10.2 Å². The van der Waals surface area contributed by atoms with Gasteiger partial charge in [-0.15, -0.1) is 11.3 Å². The van der Waals surface area contributed by atoms with Crippen LogP contribution in [0.1, 0.15) is 44.1 Å². The molecular formula is C23H27N3O3S. The van der Waals surface area contributed by atoms with Gasteiger partial charge in [0.05, 0.1) is 5.52 Å². The lowest BCUT2D eigenvalue weighted by molar-refractivity contribution is -0.126. The number of thiophene rings is 1. The summed E-state index contributed by atoms with van der Waals surface area (Å²) in [5, 5.41) is 4.92. The number of carbonyl (C=O) groups is 1. The number of amides is 1. The molecule has 3 aromatic rings. The van der Waals surface area contributed by atoms with Gasteiger partial charge in [0.15, 0.2) is 0 Å². The molecule has 1 aromatic carbocycles. The molecule has 1 aliphatic rings. The predicted molar refractivity (Wildman–Crippen MR) is 120 cm³/mol. The molecule has 0 bridgehead atoms. The molecule has 1 amide bonds. The predicted octanol–water partition coefficient (Wildman–Crippen LogP) is 3.48. The van der Waals surface area contributed by atoms with Crippen LogP contribution < -0.4 is 16.6 Å². The summed E-state index contributed by atoms with van der Waals surface area (Å²) in [6, 6.07) is 11.9. The minimum atomic E-state index is -0.347. The van der Waals surface area contributed by atoms with E-state index >= 15 is 0 Å². The lowest BCUT2D eigenvalue weighted by atomic mass is 9.81. The number of rotatable bonds is 6. The third kappa shape index (κ3) is 4.41. The molecule has 0 saturated heterocycles. The van der Waals surface area contributed by atoms with Gasteiger partial charge in [-0.25, -0.2) is 4.79 Å². The molecule has 2 N–H and O–H groups in total. The minimum absolute atomic E-state index is 0.0130. The van der Waals surface area contributed by atoms with Gasteiger partial charge in [0, 0.05) is 19.0 Å². The van der Waals surface area contributed by atoms with Crippen molar-refractivity contribution in [2.45, 2.75) is 45.1 Å². The molecule has 1 saturated carbocycles. The fourth-order valence-corrected chi connectivity index (χ4v) is 5.10. The van der Waals surface area contributed by atoms with Crippen LogP contribution in [0.5, 0.6) is 0 Å². The number of hydrogen-bond acceptors (Lipinski definition) is 4. The van der Waals surface area contributed by atoms with Crippen LogP contribution in [0.4, 0.5) is 0 Å². The Labute approximate surface area is 179 Å². The lowest BCUT2D eigenvalue weighted by Crippen LogP contribution is -2.39. The van der Waals surface area contributed by atoms with Crippen LogP contribution in [-0.2, 0) is 11.3 Å². The number of H-pyrrole nitrogens is 1. The van der Waals surface area contributed by atoms with Crippen molar-refractivity contribution >= 4 is 27.5 Å². The lowest BCUT2D eigenvalue weighted by Gasteiger charge is -2.28. The second-order valence-corrected chi connectivity index (χ2v) is 9.20. The number of fused-ring (bicyclic) bond motifs is 1. The van der Waals surface area contributed by atoms with E-state index in [0.717, 1.165) is 25.7 Å². The van der Waals surface area contributed by atoms with Crippen molar-refractivity contribution in [2.75, 3.05) is 6.54 Å². The van der Waals surface area contributed by atoms with Gasteiger partial charge in [0.1, 0.15) is 4.70 Å². The molecule has 2 heterocycles. The molecular weight excluding hydrogens is 398 g/mol. The molecule has 6 nitrogen and oxygen atoms in total. The summed E-state index contributed by atoms with van der Waals surface area (Å²) in [7, 11) is 0. The summed E-state index contributed by atoms with van der Waals surface area (Å²) in [4.78, 5) is 40.3. The third-order valence-corrected chi connectivity index (χ3v) is 7.10. The number of carbonyl (C=O) groups excluding carboxylic acids is 1. The van der Waals surface area contributed by atoms with Crippen LogP contribution in [0.3, 0.4) is 0 Å². The Kier molecular flexibility index (Phi) is 6.18. The second kappa shape index (κ2) is 9.00. The maximum atomic E-state index is 12.6. The standard InChI is InChI=1S/C23H27N3O3S/c1-15(17-5-3-2-4-6-17)13-24-21(27)18-9-7-16(8-10-18)14-26-22(28)20-19(11-12-30-20)25-23(26)29/h2-6,11-12,15-16,18H,7-10,13-14H2,1H3,(H,24,27)(H,25,29). The number of nitrogens with zero attached hydrogens (tertiary/aromatic N) is 1. The van der Waals surface area contributed by atoms with E-state index in [0.29, 0.717) is 23.3 Å². The topological polar surface area (TPSA) is 84.0 Å². The largest absolute Gasteiger partial charge is 0.355 e. The highest BCUT2D eigenvalue weighted by molar-refractivity contribution is 7.17. The molecule has 2 aromatic heterocycles. The molecule has 30 heavy (non-hydrogen) atoms. The van der Waals surface area contributed by atoms with Crippen molar-refractivity contribution in [2.24, 2.45) is 11.8 Å². The van der Waals surface area contributed by atoms with Crippen molar-refractivity contribution in [1.82, 2.24) is 14.9 Å². The van der Waals surface area contributed by atoms with Gasteiger partial charge in [0.2, 0.25) is 5.91 Å². The first-order chi connectivity index (χ1) is 14.5. The molecule has 158 valence electrons. The van der Waals surface area contributed by atoms with Crippen LogP contribution in [-0.4, -0.2) is 22.0 Å². The van der Waals surface area contributed by atoms with E-state index in [1.165, 1.54) is 21.5 Å². The molecule has 1 fully saturated rings. The first-order valence-electron chi connectivity index (χ1n) is 10.6. The van der Waals surface area contributed by atoms with Crippen molar-refractivity contribution in [3.05, 3.63) is 68.2 Å². The van der Waals surface area contributed by atoms with Gasteiger partial charge in [-0.05, 0) is 54.5 Å². The van der Waals surface area contributed by atoms with E-state index < -0.39 is 0 Å². The monoisotopic (exact) mass is 425 g/mol. The summed E-state index contributed by atoms with van der Waals surface area (Å²) in [6.45, 7) is 3.17. The fraction of sp³-hybridized carbons (Fsp3) is 0.435. The first kappa shape index (κ1) is 20.6. The molecule has 4 rings (SSSR count). The molecule has 0 spiro atoms. The van der Waals surface area contributed by atoms with Crippen molar-refractivity contribution in [3.8, 4) is 0 Å². The quantitative estimate of drug-likeness (QED) is 0.634. The third-order valence-electron chi connectivity index (χ3n) is 6.20. The Bertz CT molecular complexity index is 1120. The van der Waals surface area contributed by atoms with E-state index in [4.69, 9.17) is 0 Å². The van der Waals surface area contributed by atoms with E-state index in [1.54, 1.807) is 6.07 Å². The Morgan fingerprint density at radius 3 is 2.63 bits per heavy atom. The summed E-state index contributed by atoms with van der Waals surface area (Å²) >= 11 is 1.35.